The molecule has 1 aliphatic heterocycles. The first-order chi connectivity index (χ1) is 11.3. The summed E-state index contributed by atoms with van der Waals surface area (Å²) in [4.78, 5) is -0.861. The number of allylic oxidation sites excluding steroid dienone is 1. The van der Waals surface area contributed by atoms with Gasteiger partial charge in [-0.15, -0.1) is 0 Å². The predicted octanol–water partition coefficient (Wildman–Crippen LogP) is 6.58. The van der Waals surface area contributed by atoms with Crippen molar-refractivity contribution in [3.8, 4) is 0 Å². The molecule has 1 aromatic rings. The lowest BCUT2D eigenvalue weighted by molar-refractivity contribution is 0.177. The molecule has 1 nitrogen and oxygen atoms in total. The Morgan fingerprint density at radius 3 is 2.25 bits per heavy atom. The Hall–Kier alpha value is -0.300. The van der Waals surface area contributed by atoms with E-state index in [1.54, 1.807) is 0 Å². The maximum absolute atomic E-state index is 13.8. The first-order valence-corrected chi connectivity index (χ1v) is 11.4. The van der Waals surface area contributed by atoms with Crippen molar-refractivity contribution in [2.45, 2.75) is 42.4 Å². The fraction of sp³-hybridized carbons (Fsp3) is 0.467. The molecule has 24 heavy (non-hydrogen) atoms. The van der Waals surface area contributed by atoms with Gasteiger partial charge in [0.2, 0.25) is 5.82 Å². The summed E-state index contributed by atoms with van der Waals surface area (Å²) in [5.74, 6) is -9.18. The molecule has 9 heteroatoms. The number of fused-ring (bicyclic) bond motifs is 1. The summed E-state index contributed by atoms with van der Waals surface area (Å²) in [5.41, 5.74) is 1.10. The van der Waals surface area contributed by atoms with Crippen molar-refractivity contribution in [3.05, 3.63) is 41.2 Å². The molecule has 1 aromatic carbocycles. The van der Waals surface area contributed by atoms with Crippen LogP contribution in [0.5, 0.6) is 0 Å². The van der Waals surface area contributed by atoms with Crippen molar-refractivity contribution >= 4 is 29.3 Å². The van der Waals surface area contributed by atoms with Gasteiger partial charge >= 0.3 is 0 Å². The third-order valence-electron chi connectivity index (χ3n) is 4.21. The summed E-state index contributed by atoms with van der Waals surface area (Å²) in [6.45, 7) is 4.52. The van der Waals surface area contributed by atoms with Gasteiger partial charge in [0.05, 0.1) is 11.0 Å². The molecule has 0 radical (unpaired) electrons. The van der Waals surface area contributed by atoms with Crippen molar-refractivity contribution in [1.82, 2.24) is 0 Å². The molecule has 0 N–H and O–H groups in total. The lowest BCUT2D eigenvalue weighted by atomic mass is 9.83. The Bertz CT molecular complexity index is 657. The van der Waals surface area contributed by atoms with Gasteiger partial charge in [-0.25, -0.2) is 22.0 Å². The number of halogens is 5. The Kier molecular flexibility index (Phi) is 5.50. The van der Waals surface area contributed by atoms with Crippen molar-refractivity contribution in [2.75, 3.05) is 0 Å². The van der Waals surface area contributed by atoms with E-state index in [1.807, 2.05) is 6.92 Å². The summed E-state index contributed by atoms with van der Waals surface area (Å²) in [6, 6.07) is 0. The third-order valence-corrected chi connectivity index (χ3v) is 10.6. The second-order valence-electron chi connectivity index (χ2n) is 5.86. The highest BCUT2D eigenvalue weighted by Gasteiger charge is 2.42. The summed E-state index contributed by atoms with van der Waals surface area (Å²) < 4.78 is 73.1. The van der Waals surface area contributed by atoms with Crippen LogP contribution in [0.15, 0.2) is 17.0 Å². The topological polar surface area (TPSA) is 9.23 Å². The number of benzene rings is 1. The third kappa shape index (κ3) is 3.35. The van der Waals surface area contributed by atoms with Gasteiger partial charge in [0.1, 0.15) is 0 Å². The van der Waals surface area contributed by atoms with Gasteiger partial charge in [0, 0.05) is 5.25 Å². The highest BCUT2D eigenvalue weighted by molar-refractivity contribution is 8.87. The van der Waals surface area contributed by atoms with Crippen LogP contribution in [0.4, 0.5) is 22.0 Å². The largest absolute Gasteiger partial charge is 0.334 e. The molecule has 4 unspecified atom stereocenters. The van der Waals surface area contributed by atoms with Crippen LogP contribution < -0.4 is 0 Å². The first kappa shape index (κ1) is 18.5. The van der Waals surface area contributed by atoms with Gasteiger partial charge in [0.15, 0.2) is 29.8 Å². The molecular weight excluding hydrogens is 386 g/mol. The molecule has 132 valence electrons. The van der Waals surface area contributed by atoms with Gasteiger partial charge in [-0.3, -0.25) is 0 Å². The van der Waals surface area contributed by atoms with E-state index in [9.17, 15) is 22.0 Å². The van der Waals surface area contributed by atoms with Crippen LogP contribution in [0, 0.1) is 35.0 Å². The Morgan fingerprint density at radius 2 is 1.67 bits per heavy atom. The highest BCUT2D eigenvalue weighted by atomic mass is 33.1. The standard InChI is InChI=1S/C15H14F5OPS2/c1-6(2)7-3-4-8-9(5-7)23-22(21-8)24-15-13(19)11(17)10(16)12(18)14(15)20/h7-9H,1,3-5H2,2H3. The monoisotopic (exact) mass is 400 g/mol. The molecule has 1 saturated heterocycles. The van der Waals surface area contributed by atoms with E-state index in [0.717, 1.165) is 24.8 Å². The van der Waals surface area contributed by atoms with Crippen LogP contribution in [0.3, 0.4) is 0 Å². The SMILES string of the molecule is C=C(C)C1CCC2OP(Sc3c(F)c(F)c(F)c(F)c3F)SC2C1. The number of hydrogen-bond donors (Lipinski definition) is 0. The minimum atomic E-state index is -2.14. The molecule has 1 heterocycles. The van der Waals surface area contributed by atoms with E-state index < -0.39 is 40.5 Å². The summed E-state index contributed by atoms with van der Waals surface area (Å²) in [5, 5.41) is 0.167. The highest BCUT2D eigenvalue weighted by Crippen LogP contribution is 2.73. The molecule has 0 spiro atoms. The van der Waals surface area contributed by atoms with Crippen molar-refractivity contribution < 1.29 is 26.5 Å². The molecule has 3 rings (SSSR count). The molecule has 0 amide bonds. The smallest absolute Gasteiger partial charge is 0.200 e. The first-order valence-electron chi connectivity index (χ1n) is 7.28. The van der Waals surface area contributed by atoms with E-state index in [4.69, 9.17) is 4.52 Å². The lowest BCUT2D eigenvalue weighted by Crippen LogP contribution is -2.28. The van der Waals surface area contributed by atoms with E-state index in [1.165, 1.54) is 11.4 Å². The molecular formula is C15H14F5OPS2. The van der Waals surface area contributed by atoms with E-state index in [-0.39, 0.29) is 11.4 Å². The van der Waals surface area contributed by atoms with Gasteiger partial charge < -0.3 is 4.52 Å². The fourth-order valence-corrected chi connectivity index (χ4v) is 10.2. The maximum Gasteiger partial charge on any atom is 0.200 e. The Morgan fingerprint density at radius 1 is 1.08 bits per heavy atom. The summed E-state index contributed by atoms with van der Waals surface area (Å²) >= 11 is 2.04. The van der Waals surface area contributed by atoms with Crippen LogP contribution in [-0.4, -0.2) is 11.4 Å². The van der Waals surface area contributed by atoms with Gasteiger partial charge in [-0.05, 0) is 32.1 Å². The summed E-state index contributed by atoms with van der Waals surface area (Å²) in [7, 11) is 0. The fourth-order valence-electron chi connectivity index (χ4n) is 2.81. The van der Waals surface area contributed by atoms with E-state index >= 15 is 0 Å². The lowest BCUT2D eigenvalue weighted by Gasteiger charge is -2.29. The Balaban J connectivity index is 1.76. The second-order valence-corrected chi connectivity index (χ2v) is 11.8. The summed E-state index contributed by atoms with van der Waals surface area (Å²) in [6.07, 6.45) is 2.57. The zero-order valence-corrected chi connectivity index (χ0v) is 15.1. The van der Waals surface area contributed by atoms with Crippen LogP contribution in [0.2, 0.25) is 0 Å². The van der Waals surface area contributed by atoms with E-state index in [0.29, 0.717) is 17.3 Å². The maximum atomic E-state index is 13.8. The van der Waals surface area contributed by atoms with Crippen LogP contribution in [0.25, 0.3) is 0 Å². The van der Waals surface area contributed by atoms with Gasteiger partial charge in [-0.2, -0.15) is 0 Å². The molecule has 2 fully saturated rings. The Labute approximate surface area is 145 Å². The zero-order chi connectivity index (χ0) is 17.6. The molecule has 1 aliphatic carbocycles. The van der Waals surface area contributed by atoms with Crippen LogP contribution in [-0.2, 0) is 4.52 Å². The molecule has 1 saturated carbocycles. The predicted molar refractivity (Wildman–Crippen MR) is 87.4 cm³/mol. The van der Waals surface area contributed by atoms with Gasteiger partial charge in [0.25, 0.3) is 0 Å². The minimum Gasteiger partial charge on any atom is -0.334 e. The van der Waals surface area contributed by atoms with Crippen molar-refractivity contribution in [2.24, 2.45) is 5.92 Å². The zero-order valence-electron chi connectivity index (χ0n) is 12.6. The molecule has 2 aliphatic rings. The van der Waals surface area contributed by atoms with Crippen LogP contribution in [0.1, 0.15) is 26.2 Å². The normalized spacial score (nSPS) is 29.6. The molecule has 0 aromatic heterocycles. The molecule has 4 atom stereocenters. The number of rotatable bonds is 3. The minimum absolute atomic E-state index is 0.0366. The van der Waals surface area contributed by atoms with Crippen molar-refractivity contribution in [1.29, 1.82) is 0 Å². The van der Waals surface area contributed by atoms with Crippen molar-refractivity contribution in [3.63, 3.8) is 0 Å². The molecule has 0 bridgehead atoms. The van der Waals surface area contributed by atoms with Crippen LogP contribution >= 0.6 is 29.3 Å². The second kappa shape index (κ2) is 7.14. The average Bonchev–Trinajstić information content (AvgIpc) is 2.96. The quantitative estimate of drug-likeness (QED) is 0.187. The van der Waals surface area contributed by atoms with Gasteiger partial charge in [-0.1, -0.05) is 34.9 Å². The average molecular weight is 400 g/mol. The van der Waals surface area contributed by atoms with E-state index in [2.05, 4.69) is 6.58 Å². The number of hydrogen-bond acceptors (Lipinski definition) is 3.